The second kappa shape index (κ2) is 7.43. The molecular formula is C10H22N4O2. The van der Waals surface area contributed by atoms with Gasteiger partial charge in [0.15, 0.2) is 0 Å². The number of nitrogens with two attached hydrogens (primary N) is 2. The minimum atomic E-state index is 0.118. The lowest BCUT2D eigenvalue weighted by Crippen LogP contribution is -2.40. The summed E-state index contributed by atoms with van der Waals surface area (Å²) >= 11 is 0. The van der Waals surface area contributed by atoms with Crippen LogP contribution in [0.5, 0.6) is 0 Å². The predicted molar refractivity (Wildman–Crippen MR) is 62.8 cm³/mol. The van der Waals surface area contributed by atoms with Crippen LogP contribution < -0.4 is 16.9 Å². The van der Waals surface area contributed by atoms with Crippen LogP contribution in [0.3, 0.4) is 0 Å². The maximum Gasteiger partial charge on any atom is 0.213 e. The van der Waals surface area contributed by atoms with E-state index in [9.17, 15) is 0 Å². The fourth-order valence-corrected chi connectivity index (χ4v) is 1.76. The van der Waals surface area contributed by atoms with Gasteiger partial charge >= 0.3 is 0 Å². The van der Waals surface area contributed by atoms with Gasteiger partial charge in [0.1, 0.15) is 0 Å². The van der Waals surface area contributed by atoms with E-state index in [4.69, 9.17) is 21.0 Å². The van der Waals surface area contributed by atoms with Crippen LogP contribution in [0.1, 0.15) is 25.7 Å². The Morgan fingerprint density at radius 1 is 1.38 bits per heavy atom. The van der Waals surface area contributed by atoms with Crippen molar-refractivity contribution in [3.05, 3.63) is 0 Å². The fraction of sp³-hybridized carbons (Fsp3) is 0.900. The molecule has 1 fully saturated rings. The monoisotopic (exact) mass is 230 g/mol. The molecule has 0 bridgehead atoms. The summed E-state index contributed by atoms with van der Waals surface area (Å²) in [4.78, 5) is 9.35. The highest BCUT2D eigenvalue weighted by Gasteiger charge is 2.21. The Balaban J connectivity index is 2.25. The van der Waals surface area contributed by atoms with E-state index < -0.39 is 0 Å². The van der Waals surface area contributed by atoms with Crippen molar-refractivity contribution in [3.8, 4) is 0 Å². The number of rotatable bonds is 5. The standard InChI is InChI=1S/C10H22N4O2/c1-15-6-7-16-14-10(12)13-9-5-3-2-4-8(9)11/h8-9H,2-7,11H2,1H3,(H3,12,13,14)/t8-,9+/m0/s1. The number of guanidine groups is 1. The first-order valence-corrected chi connectivity index (χ1v) is 5.69. The second-order valence-corrected chi connectivity index (χ2v) is 3.97. The Morgan fingerprint density at radius 3 is 2.81 bits per heavy atom. The summed E-state index contributed by atoms with van der Waals surface area (Å²) in [6, 6.07) is 0.236. The predicted octanol–water partition coefficient (Wildman–Crippen LogP) is -0.261. The molecule has 6 heteroatoms. The van der Waals surface area contributed by atoms with E-state index >= 15 is 0 Å². The van der Waals surface area contributed by atoms with Crippen LogP contribution in [0.25, 0.3) is 0 Å². The number of methoxy groups -OCH3 is 1. The summed E-state index contributed by atoms with van der Waals surface area (Å²) in [6.07, 6.45) is 4.37. The normalized spacial score (nSPS) is 26.8. The van der Waals surface area contributed by atoms with Crippen molar-refractivity contribution in [1.29, 1.82) is 0 Å². The lowest BCUT2D eigenvalue weighted by molar-refractivity contribution is 0.0371. The van der Waals surface area contributed by atoms with E-state index in [1.54, 1.807) is 7.11 Å². The Labute approximate surface area is 96.3 Å². The highest BCUT2D eigenvalue weighted by Crippen LogP contribution is 2.19. The smallest absolute Gasteiger partial charge is 0.213 e. The van der Waals surface area contributed by atoms with E-state index in [2.05, 4.69) is 10.5 Å². The van der Waals surface area contributed by atoms with Crippen LogP contribution in [0.4, 0.5) is 0 Å². The van der Waals surface area contributed by atoms with Gasteiger partial charge in [-0.1, -0.05) is 12.8 Å². The molecule has 0 aromatic carbocycles. The van der Waals surface area contributed by atoms with Crippen molar-refractivity contribution in [2.75, 3.05) is 20.3 Å². The van der Waals surface area contributed by atoms with Crippen molar-refractivity contribution >= 4 is 5.96 Å². The van der Waals surface area contributed by atoms with Gasteiger partial charge in [0.25, 0.3) is 0 Å². The van der Waals surface area contributed by atoms with E-state index in [0.29, 0.717) is 19.2 Å². The molecule has 0 unspecified atom stereocenters. The summed E-state index contributed by atoms with van der Waals surface area (Å²) in [5.41, 5.74) is 14.2. The molecule has 1 aliphatic carbocycles. The van der Waals surface area contributed by atoms with Crippen molar-refractivity contribution in [2.45, 2.75) is 37.8 Å². The zero-order valence-electron chi connectivity index (χ0n) is 9.82. The minimum absolute atomic E-state index is 0.118. The summed E-state index contributed by atoms with van der Waals surface area (Å²) in [5.74, 6) is 0.290. The van der Waals surface area contributed by atoms with E-state index in [1.807, 2.05) is 0 Å². The maximum absolute atomic E-state index is 5.95. The molecule has 6 nitrogen and oxygen atoms in total. The van der Waals surface area contributed by atoms with E-state index in [1.165, 1.54) is 12.8 Å². The average Bonchev–Trinajstić information content (AvgIpc) is 2.28. The number of nitrogens with zero attached hydrogens (tertiary/aromatic N) is 1. The van der Waals surface area contributed by atoms with Crippen LogP contribution in [-0.4, -0.2) is 38.4 Å². The molecule has 16 heavy (non-hydrogen) atoms. The van der Waals surface area contributed by atoms with Crippen LogP contribution in [0.15, 0.2) is 4.99 Å². The van der Waals surface area contributed by atoms with Gasteiger partial charge in [-0.2, -0.15) is 0 Å². The Bertz CT molecular complexity index is 223. The van der Waals surface area contributed by atoms with Crippen molar-refractivity contribution < 1.29 is 9.57 Å². The molecule has 1 rings (SSSR count). The minimum Gasteiger partial charge on any atom is -0.382 e. The van der Waals surface area contributed by atoms with Gasteiger partial charge in [-0.25, -0.2) is 10.5 Å². The zero-order valence-corrected chi connectivity index (χ0v) is 9.82. The highest BCUT2D eigenvalue weighted by molar-refractivity contribution is 5.76. The first kappa shape index (κ1) is 13.2. The third-order valence-electron chi connectivity index (χ3n) is 2.65. The third-order valence-corrected chi connectivity index (χ3v) is 2.65. The average molecular weight is 230 g/mol. The summed E-state index contributed by atoms with van der Waals surface area (Å²) in [7, 11) is 1.61. The lowest BCUT2D eigenvalue weighted by Gasteiger charge is -2.25. The van der Waals surface area contributed by atoms with Gasteiger partial charge in [0, 0.05) is 13.2 Å². The molecule has 1 saturated carbocycles. The molecule has 5 N–H and O–H groups in total. The van der Waals surface area contributed by atoms with Gasteiger partial charge in [0.2, 0.25) is 5.96 Å². The van der Waals surface area contributed by atoms with Crippen molar-refractivity contribution in [3.63, 3.8) is 0 Å². The second-order valence-electron chi connectivity index (χ2n) is 3.97. The van der Waals surface area contributed by atoms with Crippen molar-refractivity contribution in [1.82, 2.24) is 5.48 Å². The number of nitrogens with one attached hydrogen (secondary N) is 1. The number of aliphatic imine (C=N–C) groups is 1. The lowest BCUT2D eigenvalue weighted by atomic mass is 9.91. The molecule has 2 atom stereocenters. The molecular weight excluding hydrogens is 208 g/mol. The fourth-order valence-electron chi connectivity index (χ4n) is 1.76. The zero-order chi connectivity index (χ0) is 11.8. The molecule has 0 saturated heterocycles. The van der Waals surface area contributed by atoms with Crippen LogP contribution in [-0.2, 0) is 9.57 Å². The quantitative estimate of drug-likeness (QED) is 0.262. The van der Waals surface area contributed by atoms with Gasteiger partial charge in [-0.15, -0.1) is 0 Å². The first-order valence-electron chi connectivity index (χ1n) is 5.69. The van der Waals surface area contributed by atoms with Gasteiger partial charge in [-0.3, -0.25) is 4.84 Å². The number of hydrogen-bond donors (Lipinski definition) is 3. The molecule has 0 aliphatic heterocycles. The molecule has 1 aliphatic rings. The number of hydrogen-bond acceptors (Lipinski definition) is 4. The molecule has 94 valence electrons. The Morgan fingerprint density at radius 2 is 2.12 bits per heavy atom. The Kier molecular flexibility index (Phi) is 6.14. The van der Waals surface area contributed by atoms with Crippen molar-refractivity contribution in [2.24, 2.45) is 16.5 Å². The maximum atomic E-state index is 5.95. The SMILES string of the molecule is COCCONC(N)=N[C@@H]1CCCC[C@@H]1N. The van der Waals surface area contributed by atoms with E-state index in [-0.39, 0.29) is 12.1 Å². The molecule has 0 aromatic heterocycles. The number of hydroxylamine groups is 1. The Hall–Kier alpha value is -0.850. The summed E-state index contributed by atoms with van der Waals surface area (Å²) < 4.78 is 4.82. The summed E-state index contributed by atoms with van der Waals surface area (Å²) in [6.45, 7) is 0.951. The van der Waals surface area contributed by atoms with Gasteiger partial charge in [0.05, 0.1) is 19.3 Å². The third kappa shape index (κ3) is 4.78. The highest BCUT2D eigenvalue weighted by atomic mass is 16.7. The molecule has 0 aromatic rings. The largest absolute Gasteiger partial charge is 0.382 e. The van der Waals surface area contributed by atoms with Gasteiger partial charge < -0.3 is 16.2 Å². The first-order chi connectivity index (χ1) is 7.74. The van der Waals surface area contributed by atoms with Crippen LogP contribution in [0.2, 0.25) is 0 Å². The van der Waals surface area contributed by atoms with Gasteiger partial charge in [-0.05, 0) is 12.8 Å². The molecule has 0 amide bonds. The topological polar surface area (TPSA) is 94.9 Å². The molecule has 0 radical (unpaired) electrons. The summed E-state index contributed by atoms with van der Waals surface area (Å²) in [5, 5.41) is 0. The molecule has 0 spiro atoms. The molecule has 0 heterocycles. The van der Waals surface area contributed by atoms with Crippen LogP contribution >= 0.6 is 0 Å². The van der Waals surface area contributed by atoms with E-state index in [0.717, 1.165) is 12.8 Å². The van der Waals surface area contributed by atoms with Crippen LogP contribution in [0, 0.1) is 0 Å². The number of ether oxygens (including phenoxy) is 1.